The Labute approximate surface area is 124 Å². The Bertz CT molecular complexity index is 498. The molecule has 1 atom stereocenters. The van der Waals surface area contributed by atoms with E-state index in [1.165, 1.54) is 7.11 Å². The topological polar surface area (TPSA) is 62.2 Å². The molecular weight excluding hydrogens is 272 g/mol. The second kappa shape index (κ2) is 6.78. The number of hydrogen-bond donors (Lipinski definition) is 1. The van der Waals surface area contributed by atoms with Gasteiger partial charge in [-0.2, -0.15) is 0 Å². The molecule has 21 heavy (non-hydrogen) atoms. The second-order valence-electron chi connectivity index (χ2n) is 5.16. The van der Waals surface area contributed by atoms with Crippen molar-refractivity contribution in [1.29, 1.82) is 0 Å². The van der Waals surface area contributed by atoms with Gasteiger partial charge in [0.25, 0.3) is 0 Å². The molecule has 6 heteroatoms. The minimum atomic E-state index is -0.869. The molecule has 116 valence electrons. The van der Waals surface area contributed by atoms with Gasteiger partial charge in [-0.05, 0) is 13.1 Å². The molecule has 1 saturated heterocycles. The molecule has 1 aliphatic rings. The van der Waals surface area contributed by atoms with E-state index < -0.39 is 12.0 Å². The fourth-order valence-corrected chi connectivity index (χ4v) is 2.69. The highest BCUT2D eigenvalue weighted by Gasteiger charge is 2.32. The molecule has 1 aromatic carbocycles. The summed E-state index contributed by atoms with van der Waals surface area (Å²) in [4.78, 5) is 16.0. The van der Waals surface area contributed by atoms with E-state index >= 15 is 0 Å². The van der Waals surface area contributed by atoms with E-state index in [4.69, 9.17) is 9.47 Å². The van der Waals surface area contributed by atoms with Crippen LogP contribution in [-0.4, -0.2) is 68.3 Å². The number of aliphatic carboxylic acids is 1. The van der Waals surface area contributed by atoms with Crippen molar-refractivity contribution in [1.82, 2.24) is 9.80 Å². The first-order valence-electron chi connectivity index (χ1n) is 6.94. The summed E-state index contributed by atoms with van der Waals surface area (Å²) in [6, 6.07) is 4.63. The van der Waals surface area contributed by atoms with Crippen LogP contribution in [0.1, 0.15) is 11.6 Å². The SMILES string of the molecule is COc1cccc(C(C(=O)O)N2CCN(C)CC2)c1OC. The molecule has 1 aliphatic heterocycles. The maximum absolute atomic E-state index is 11.8. The van der Waals surface area contributed by atoms with Crippen LogP contribution in [0.2, 0.25) is 0 Å². The number of carbonyl (C=O) groups is 1. The van der Waals surface area contributed by atoms with Gasteiger partial charge in [0.05, 0.1) is 14.2 Å². The zero-order chi connectivity index (χ0) is 15.4. The molecule has 0 aromatic heterocycles. The third-order valence-corrected chi connectivity index (χ3v) is 3.86. The number of hydrogen-bond acceptors (Lipinski definition) is 5. The molecule has 0 saturated carbocycles. The van der Waals surface area contributed by atoms with Crippen molar-refractivity contribution in [2.75, 3.05) is 47.4 Å². The number of piperazine rings is 1. The van der Waals surface area contributed by atoms with E-state index in [9.17, 15) is 9.90 Å². The first-order valence-corrected chi connectivity index (χ1v) is 6.94. The van der Waals surface area contributed by atoms with Crippen LogP contribution >= 0.6 is 0 Å². The largest absolute Gasteiger partial charge is 0.493 e. The summed E-state index contributed by atoms with van der Waals surface area (Å²) in [6.07, 6.45) is 0. The first-order chi connectivity index (χ1) is 10.1. The molecule has 0 bridgehead atoms. The van der Waals surface area contributed by atoms with Crippen LogP contribution in [0.15, 0.2) is 18.2 Å². The Morgan fingerprint density at radius 1 is 1.19 bits per heavy atom. The van der Waals surface area contributed by atoms with Crippen molar-refractivity contribution in [2.24, 2.45) is 0 Å². The molecule has 1 fully saturated rings. The molecule has 1 unspecified atom stereocenters. The van der Waals surface area contributed by atoms with Gasteiger partial charge >= 0.3 is 5.97 Å². The molecular formula is C15H22N2O4. The highest BCUT2D eigenvalue weighted by molar-refractivity contribution is 5.77. The maximum Gasteiger partial charge on any atom is 0.325 e. The van der Waals surface area contributed by atoms with Crippen LogP contribution in [0.5, 0.6) is 11.5 Å². The average molecular weight is 294 g/mol. The highest BCUT2D eigenvalue weighted by atomic mass is 16.5. The van der Waals surface area contributed by atoms with Crippen LogP contribution < -0.4 is 9.47 Å². The third kappa shape index (κ3) is 3.28. The van der Waals surface area contributed by atoms with E-state index in [1.807, 2.05) is 11.9 Å². The van der Waals surface area contributed by atoms with Gasteiger partial charge in [-0.1, -0.05) is 12.1 Å². The number of methoxy groups -OCH3 is 2. The molecule has 2 rings (SSSR count). The summed E-state index contributed by atoms with van der Waals surface area (Å²) < 4.78 is 10.7. The van der Waals surface area contributed by atoms with Crippen molar-refractivity contribution in [3.8, 4) is 11.5 Å². The van der Waals surface area contributed by atoms with Crippen molar-refractivity contribution >= 4 is 5.97 Å². The van der Waals surface area contributed by atoms with Crippen molar-refractivity contribution in [3.63, 3.8) is 0 Å². The van der Waals surface area contributed by atoms with Crippen LogP contribution in [0.3, 0.4) is 0 Å². The number of ether oxygens (including phenoxy) is 2. The summed E-state index contributed by atoms with van der Waals surface area (Å²) in [5.74, 6) is 0.174. The number of carboxylic acid groups (broad SMARTS) is 1. The van der Waals surface area contributed by atoms with Gasteiger partial charge in [0.15, 0.2) is 11.5 Å². The smallest absolute Gasteiger partial charge is 0.325 e. The average Bonchev–Trinajstić information content (AvgIpc) is 2.48. The molecule has 0 spiro atoms. The summed E-state index contributed by atoms with van der Waals surface area (Å²) in [5.41, 5.74) is 0.633. The van der Waals surface area contributed by atoms with Crippen molar-refractivity contribution in [2.45, 2.75) is 6.04 Å². The Kier molecular flexibility index (Phi) is 5.03. The fraction of sp³-hybridized carbons (Fsp3) is 0.533. The lowest BCUT2D eigenvalue weighted by Crippen LogP contribution is -2.47. The number of rotatable bonds is 5. The predicted octanol–water partition coefficient (Wildman–Crippen LogP) is 1.08. The maximum atomic E-state index is 11.8. The van der Waals surface area contributed by atoms with E-state index in [2.05, 4.69) is 4.90 Å². The number of carboxylic acids is 1. The number of nitrogens with zero attached hydrogens (tertiary/aromatic N) is 2. The molecule has 0 radical (unpaired) electrons. The fourth-order valence-electron chi connectivity index (χ4n) is 2.69. The zero-order valence-corrected chi connectivity index (χ0v) is 12.7. The number of benzene rings is 1. The van der Waals surface area contributed by atoms with Crippen molar-refractivity contribution in [3.05, 3.63) is 23.8 Å². The van der Waals surface area contributed by atoms with Crippen molar-refractivity contribution < 1.29 is 19.4 Å². The van der Waals surface area contributed by atoms with Gasteiger partial charge in [-0.25, -0.2) is 0 Å². The van der Waals surface area contributed by atoms with Crippen LogP contribution in [0.25, 0.3) is 0 Å². The quantitative estimate of drug-likeness (QED) is 0.877. The zero-order valence-electron chi connectivity index (χ0n) is 12.7. The Balaban J connectivity index is 2.37. The summed E-state index contributed by atoms with van der Waals surface area (Å²) in [7, 11) is 5.12. The van der Waals surface area contributed by atoms with E-state index in [1.54, 1.807) is 25.3 Å². The summed E-state index contributed by atoms with van der Waals surface area (Å²) >= 11 is 0. The molecule has 1 heterocycles. The molecule has 0 aliphatic carbocycles. The lowest BCUT2D eigenvalue weighted by atomic mass is 10.0. The molecule has 6 nitrogen and oxygen atoms in total. The molecule has 1 aromatic rings. The van der Waals surface area contributed by atoms with Gasteiger partial charge < -0.3 is 19.5 Å². The van der Waals surface area contributed by atoms with E-state index in [-0.39, 0.29) is 0 Å². The minimum absolute atomic E-state index is 0.492. The number of para-hydroxylation sites is 1. The van der Waals surface area contributed by atoms with Crippen LogP contribution in [-0.2, 0) is 4.79 Å². The highest BCUT2D eigenvalue weighted by Crippen LogP contribution is 2.37. The van der Waals surface area contributed by atoms with E-state index in [0.29, 0.717) is 30.2 Å². The van der Waals surface area contributed by atoms with Gasteiger partial charge in [0.2, 0.25) is 0 Å². The Morgan fingerprint density at radius 2 is 1.86 bits per heavy atom. The molecule has 1 N–H and O–H groups in total. The normalized spacial score (nSPS) is 18.2. The minimum Gasteiger partial charge on any atom is -0.493 e. The lowest BCUT2D eigenvalue weighted by molar-refractivity contribution is -0.144. The van der Waals surface area contributed by atoms with E-state index in [0.717, 1.165) is 13.1 Å². The van der Waals surface area contributed by atoms with Gasteiger partial charge in [0.1, 0.15) is 6.04 Å². The second-order valence-corrected chi connectivity index (χ2v) is 5.16. The predicted molar refractivity (Wildman–Crippen MR) is 79.0 cm³/mol. The van der Waals surface area contributed by atoms with Crippen LogP contribution in [0.4, 0.5) is 0 Å². The lowest BCUT2D eigenvalue weighted by Gasteiger charge is -2.36. The van der Waals surface area contributed by atoms with Gasteiger partial charge in [0, 0.05) is 31.7 Å². The monoisotopic (exact) mass is 294 g/mol. The molecule has 0 amide bonds. The Hall–Kier alpha value is -1.79. The summed E-state index contributed by atoms with van der Waals surface area (Å²) in [5, 5.41) is 9.68. The summed E-state index contributed by atoms with van der Waals surface area (Å²) in [6.45, 7) is 3.15. The Morgan fingerprint density at radius 3 is 2.38 bits per heavy atom. The third-order valence-electron chi connectivity index (χ3n) is 3.86. The first kappa shape index (κ1) is 15.6. The van der Waals surface area contributed by atoms with Crippen LogP contribution in [0, 0.1) is 0 Å². The van der Waals surface area contributed by atoms with Gasteiger partial charge in [-0.3, -0.25) is 9.69 Å². The standard InChI is InChI=1S/C15H22N2O4/c1-16-7-9-17(10-8-16)13(15(18)19)11-5-4-6-12(20-2)14(11)21-3/h4-6,13H,7-10H2,1-3H3,(H,18,19). The number of likely N-dealkylation sites (N-methyl/N-ethyl adjacent to an activating group) is 1. The van der Waals surface area contributed by atoms with Gasteiger partial charge in [-0.15, -0.1) is 0 Å².